The molecule has 0 bridgehead atoms. The summed E-state index contributed by atoms with van der Waals surface area (Å²) in [6.07, 6.45) is -0.328. The van der Waals surface area contributed by atoms with Gasteiger partial charge in [0.2, 0.25) is 100 Å². The van der Waals surface area contributed by atoms with Crippen molar-refractivity contribution in [3.05, 3.63) is 48.0 Å². The molecule has 1 fully saturated rings. The van der Waals surface area contributed by atoms with E-state index in [1.54, 1.807) is 13.8 Å². The molecule has 48 nitrogen and oxygen atoms in total. The topological polar surface area (TPSA) is 784 Å². The third-order valence-electron chi connectivity index (χ3n) is 20.5. The zero-order valence-corrected chi connectivity index (χ0v) is 75.6. The van der Waals surface area contributed by atoms with E-state index < -0.39 is 272 Å². The molecule has 17 amide bonds. The van der Waals surface area contributed by atoms with Gasteiger partial charge in [0.25, 0.3) is 0 Å². The summed E-state index contributed by atoms with van der Waals surface area (Å²) in [6.45, 7) is 12.1. The standard InChI is InChI=1S/C81H133N25O23S/c1-40(2)30-52(93-59(110)34-84)71(120)101-56(38-130)74(123)100-55(32-46-35-88-39-92-46)80(129)106-29-15-19-57(106)75(124)96-50(18-14-28-89-81(86)87)70(119)103-64(42(5)6)77(126)98-49(17-11-13-27-83)69(118)102-63(41(3)4)76(125)90-36-60(111)94-54(33-58(85)109)72(121)95-51(24-25-61(112)113)68(117)99-53(31-45-20-22-47(108)23-21-45)73(122)104-65(43(7)8)78(127)105-66(44(9)107)79(128)97-48(16-10-12-26-82)67(116)91-37-62(114)115/h20-23,35,39-44,48-57,63-66,107-108,130H,10-19,24-34,36-38,82-84H2,1-9H3,(H2,85,109)(H,88,92)(H,90,125)(H,91,116)(H,93,110)(H,94,111)(H,95,121)(H,96,124)(H,97,128)(H,98,126)(H,99,117)(H,100,123)(H,101,120)(H,102,118)(H,103,119)(H,104,122)(H,105,127)(H,112,113)(H,114,115)(H4,86,87,89)/t44-,48+,49+,50+,51+,52+,53+,54+,55+,56+,57+,63+,64+,65+,66+/m1/s1. The molecular formula is C81H133N25O23S. The highest BCUT2D eigenvalue weighted by atomic mass is 32.1. The Bertz CT molecular complexity index is 4160. The fourth-order valence-electron chi connectivity index (χ4n) is 13.5. The largest absolute Gasteiger partial charge is 0.508 e. The minimum absolute atomic E-state index is 0.00846. The van der Waals surface area contributed by atoms with Crippen LogP contribution < -0.4 is 114 Å². The second-order valence-corrected chi connectivity index (χ2v) is 33.3. The van der Waals surface area contributed by atoms with Crippen molar-refractivity contribution in [2.24, 2.45) is 52.3 Å². The van der Waals surface area contributed by atoms with Crippen LogP contribution in [0.5, 0.6) is 5.75 Å². The fraction of sp³-hybridized carbons (Fsp3) is 0.642. The number of benzene rings is 1. The molecule has 3 rings (SSSR count). The zero-order chi connectivity index (χ0) is 97.8. The Morgan fingerprint density at radius 3 is 1.45 bits per heavy atom. The predicted octanol–water partition coefficient (Wildman–Crippen LogP) is -7.94. The highest BCUT2D eigenvalue weighted by molar-refractivity contribution is 7.80. The normalized spacial score (nSPS) is 15.6. The molecule has 726 valence electrons. The van der Waals surface area contributed by atoms with Crippen LogP contribution in [0.4, 0.5) is 0 Å². The zero-order valence-electron chi connectivity index (χ0n) is 74.7. The summed E-state index contributed by atoms with van der Waals surface area (Å²) in [4.78, 5) is 269. The van der Waals surface area contributed by atoms with Crippen LogP contribution in [-0.2, 0) is 104 Å². The Morgan fingerprint density at radius 1 is 0.492 bits per heavy atom. The number of aliphatic hydroxyl groups is 1. The first-order chi connectivity index (χ1) is 61.2. The van der Waals surface area contributed by atoms with Gasteiger partial charge in [-0.2, -0.15) is 12.6 Å². The van der Waals surface area contributed by atoms with Crippen molar-refractivity contribution in [3.63, 3.8) is 0 Å². The number of nitrogens with zero attached hydrogens (tertiary/aromatic N) is 2. The van der Waals surface area contributed by atoms with E-state index >= 15 is 0 Å². The number of primary amides is 1. The molecule has 1 aliphatic heterocycles. The van der Waals surface area contributed by atoms with Crippen molar-refractivity contribution in [3.8, 4) is 5.75 Å². The number of rotatable bonds is 60. The van der Waals surface area contributed by atoms with Gasteiger partial charge in [-0.05, 0) is 138 Å². The maximum absolute atomic E-state index is 14.8. The maximum Gasteiger partial charge on any atom is 0.322 e. The van der Waals surface area contributed by atoms with Crippen LogP contribution >= 0.6 is 12.6 Å². The molecular weight excluding hydrogens is 1720 g/mol. The number of carbonyl (C=O) groups is 19. The Hall–Kier alpha value is -12.4. The van der Waals surface area contributed by atoms with Crippen molar-refractivity contribution >= 4 is 131 Å². The van der Waals surface area contributed by atoms with Crippen LogP contribution in [0.25, 0.3) is 0 Å². The van der Waals surface area contributed by atoms with Gasteiger partial charge in [-0.25, -0.2) is 4.98 Å². The number of aromatic nitrogens is 2. The minimum atomic E-state index is -1.97. The molecule has 0 radical (unpaired) electrons. The van der Waals surface area contributed by atoms with E-state index in [1.165, 1.54) is 69.4 Å². The van der Waals surface area contributed by atoms with E-state index in [0.29, 0.717) is 25.0 Å². The molecule has 2 aromatic rings. The van der Waals surface area contributed by atoms with Crippen molar-refractivity contribution in [1.82, 2.24) is 99.9 Å². The SMILES string of the molecule is CC(C)C[C@H](NC(=O)CN)C(=O)N[C@@H](CS)C(=O)N[C@@H](Cc1c[nH]cn1)C(=O)N1CCC[C@H]1C(=O)N[C@@H](CCCNC(=N)N)C(=O)N[C@H](C(=O)N[C@@H](CCCCN)C(=O)N[C@H](C(=O)NCC(=O)N[C@@H](CC(N)=O)C(=O)N[C@@H](CCC(=O)O)C(=O)N[C@@H](Cc1ccc(O)cc1)C(=O)N[C@H](C(=O)N[C@H](C(=O)N[C@@H](CCCCN)C(=O)NCC(=O)O)[C@@H](C)O)C(C)C)C(C)C)C(C)C. The molecule has 0 unspecified atom stereocenters. The summed E-state index contributed by atoms with van der Waals surface area (Å²) < 4.78 is 0. The minimum Gasteiger partial charge on any atom is -0.508 e. The molecule has 1 saturated heterocycles. The molecule has 130 heavy (non-hydrogen) atoms. The maximum atomic E-state index is 14.8. The number of amides is 17. The van der Waals surface area contributed by atoms with Gasteiger partial charge < -0.3 is 144 Å². The number of carboxylic acid groups (broad SMARTS) is 2. The third kappa shape index (κ3) is 40.1. The van der Waals surface area contributed by atoms with Gasteiger partial charge in [-0.3, -0.25) is 96.5 Å². The van der Waals surface area contributed by atoms with E-state index in [9.17, 15) is 106 Å². The number of hydrogen-bond acceptors (Lipinski definition) is 27. The number of aromatic hydroxyl groups is 1. The van der Waals surface area contributed by atoms with E-state index in [2.05, 4.69) is 108 Å². The van der Waals surface area contributed by atoms with Crippen molar-refractivity contribution in [1.29, 1.82) is 5.41 Å². The number of hydrogen-bond donors (Lipinski definition) is 28. The second-order valence-electron chi connectivity index (χ2n) is 32.9. The predicted molar refractivity (Wildman–Crippen MR) is 472 cm³/mol. The summed E-state index contributed by atoms with van der Waals surface area (Å²) >= 11 is 4.30. The molecule has 15 atom stereocenters. The lowest BCUT2D eigenvalue weighted by molar-refractivity contribution is -0.142. The number of aliphatic hydroxyl groups excluding tert-OH is 1. The number of nitrogens with two attached hydrogens (primary N) is 5. The molecule has 0 aliphatic carbocycles. The van der Waals surface area contributed by atoms with Crippen LogP contribution in [0.1, 0.15) is 163 Å². The fourth-order valence-corrected chi connectivity index (χ4v) is 13.8. The van der Waals surface area contributed by atoms with E-state index in [0.717, 1.165) is 6.92 Å². The molecule has 1 aromatic carbocycles. The van der Waals surface area contributed by atoms with Crippen molar-refractivity contribution in [2.75, 3.05) is 51.6 Å². The average molecular weight is 1860 g/mol. The summed E-state index contributed by atoms with van der Waals surface area (Å²) in [5.41, 5.74) is 28.6. The quantitative estimate of drug-likeness (QED) is 0.0127. The van der Waals surface area contributed by atoms with E-state index in [-0.39, 0.29) is 107 Å². The number of carbonyl (C=O) groups excluding carboxylic acids is 17. The first kappa shape index (κ1) is 112. The van der Waals surface area contributed by atoms with E-state index in [4.69, 9.17) is 39.2 Å². The van der Waals surface area contributed by atoms with Crippen LogP contribution in [0.15, 0.2) is 36.8 Å². The van der Waals surface area contributed by atoms with Crippen molar-refractivity contribution < 1.29 is 112 Å². The van der Waals surface area contributed by atoms with Gasteiger partial charge in [0.15, 0.2) is 5.96 Å². The Labute approximate surface area is 758 Å². The molecule has 2 heterocycles. The lowest BCUT2D eigenvalue weighted by atomic mass is 9.99. The Kier molecular flexibility index (Phi) is 49.5. The number of guanidine groups is 1. The summed E-state index contributed by atoms with van der Waals surface area (Å²) in [5.74, 6) is -22.7. The van der Waals surface area contributed by atoms with Gasteiger partial charge in [0.1, 0.15) is 96.9 Å². The monoisotopic (exact) mass is 1860 g/mol. The van der Waals surface area contributed by atoms with Crippen LogP contribution in [0, 0.1) is 29.1 Å². The number of carboxylic acids is 2. The molecule has 1 aromatic heterocycles. The number of aromatic amines is 1. The van der Waals surface area contributed by atoms with Gasteiger partial charge in [-0.1, -0.05) is 67.5 Å². The van der Waals surface area contributed by atoms with Crippen molar-refractivity contribution in [2.45, 2.75) is 256 Å². The average Bonchev–Trinajstić information content (AvgIpc) is 1.67. The number of phenolic OH excluding ortho intramolecular Hbond substituents is 1. The molecule has 0 saturated carbocycles. The Morgan fingerprint density at radius 2 is 0.946 bits per heavy atom. The molecule has 1 aliphatic rings. The second kappa shape index (κ2) is 57.5. The smallest absolute Gasteiger partial charge is 0.322 e. The summed E-state index contributed by atoms with van der Waals surface area (Å²) in [6, 6.07) is -16.0. The van der Waals surface area contributed by atoms with Gasteiger partial charge in [-0.15, -0.1) is 0 Å². The summed E-state index contributed by atoms with van der Waals surface area (Å²) in [7, 11) is 0. The number of aliphatic carboxylic acids is 2. The van der Waals surface area contributed by atoms with Gasteiger partial charge in [0.05, 0.1) is 37.6 Å². The van der Waals surface area contributed by atoms with Crippen LogP contribution in [0.3, 0.4) is 0 Å². The molecule has 49 heteroatoms. The van der Waals surface area contributed by atoms with Gasteiger partial charge >= 0.3 is 11.9 Å². The number of phenols is 1. The van der Waals surface area contributed by atoms with E-state index in [1.807, 2.05) is 13.8 Å². The lowest BCUT2D eigenvalue weighted by Crippen LogP contribution is -2.62. The van der Waals surface area contributed by atoms with Crippen LogP contribution in [0.2, 0.25) is 0 Å². The molecule has 0 spiro atoms. The first-order valence-electron chi connectivity index (χ1n) is 43.0. The highest BCUT2D eigenvalue weighted by Gasteiger charge is 2.43. The van der Waals surface area contributed by atoms with Crippen LogP contribution in [-0.4, -0.2) is 296 Å². The number of unbranched alkanes of at least 4 members (excludes halogenated alkanes) is 2. The third-order valence-corrected chi connectivity index (χ3v) is 20.9. The molecule has 32 N–H and O–H groups in total. The summed E-state index contributed by atoms with van der Waals surface area (Å²) in [5, 5.41) is 87.3. The van der Waals surface area contributed by atoms with Gasteiger partial charge in [0, 0.05) is 44.3 Å². The number of likely N-dealkylation sites (tertiary alicyclic amines) is 1. The number of thiol groups is 1. The number of nitrogens with one attached hydrogen (secondary N) is 18. The lowest BCUT2D eigenvalue weighted by Gasteiger charge is -2.31. The number of imidazole rings is 1. The number of H-pyrrole nitrogens is 1. The Balaban J connectivity index is 1.89. The first-order valence-corrected chi connectivity index (χ1v) is 43.6. The highest BCUT2D eigenvalue weighted by Crippen LogP contribution is 2.22.